The van der Waals surface area contributed by atoms with E-state index < -0.39 is 9.84 Å². The van der Waals surface area contributed by atoms with E-state index in [0.29, 0.717) is 19.6 Å². The van der Waals surface area contributed by atoms with E-state index in [1.165, 1.54) is 0 Å². The molecule has 0 heterocycles. The zero-order valence-corrected chi connectivity index (χ0v) is 11.0. The van der Waals surface area contributed by atoms with Crippen molar-refractivity contribution in [3.05, 3.63) is 0 Å². The number of ether oxygens (including phenoxy) is 1. The fraction of sp³-hybridized carbons (Fsp3) is 0.800. The lowest BCUT2D eigenvalue weighted by Gasteiger charge is -2.04. The molecular weight excluding hydrogens is 246 g/mol. The van der Waals surface area contributed by atoms with E-state index in [2.05, 4.69) is 5.32 Å². The maximum Gasteiger partial charge on any atom is 0.305 e. The first-order valence-electron chi connectivity index (χ1n) is 5.45. The smallest absolute Gasteiger partial charge is 0.305 e. The molecule has 0 rings (SSSR count). The summed E-state index contributed by atoms with van der Waals surface area (Å²) in [7, 11) is -3.11. The van der Waals surface area contributed by atoms with E-state index in [1.54, 1.807) is 6.92 Å². The van der Waals surface area contributed by atoms with Crippen molar-refractivity contribution in [1.82, 2.24) is 5.32 Å². The molecule has 0 radical (unpaired) electrons. The fourth-order valence-corrected chi connectivity index (χ4v) is 1.62. The number of carbonyl (C=O) groups excluding carboxylic acids is 2. The standard InChI is InChI=1S/C10H19NO5S/c1-3-16-10(13)5-4-7-11-9(12)6-8-17(2,14)15/h3-8H2,1-2H3,(H,11,12). The number of hydrogen-bond donors (Lipinski definition) is 1. The van der Waals surface area contributed by atoms with Gasteiger partial charge in [-0.2, -0.15) is 0 Å². The Morgan fingerprint density at radius 3 is 2.41 bits per heavy atom. The predicted molar refractivity (Wildman–Crippen MR) is 63.2 cm³/mol. The molecule has 0 bridgehead atoms. The average molecular weight is 265 g/mol. The van der Waals surface area contributed by atoms with Gasteiger partial charge in [0.2, 0.25) is 5.91 Å². The Labute approximate surface area is 102 Å². The molecule has 0 aliphatic heterocycles. The Bertz CT molecular complexity index is 350. The summed E-state index contributed by atoms with van der Waals surface area (Å²) in [5.41, 5.74) is 0. The van der Waals surface area contributed by atoms with E-state index in [1.807, 2.05) is 0 Å². The van der Waals surface area contributed by atoms with Crippen LogP contribution in [0.1, 0.15) is 26.2 Å². The number of esters is 1. The summed E-state index contributed by atoms with van der Waals surface area (Å²) >= 11 is 0. The molecule has 0 spiro atoms. The third-order valence-electron chi connectivity index (χ3n) is 1.89. The maximum atomic E-state index is 11.2. The first-order valence-corrected chi connectivity index (χ1v) is 7.51. The van der Waals surface area contributed by atoms with Crippen LogP contribution in [0.25, 0.3) is 0 Å². The number of sulfone groups is 1. The third-order valence-corrected chi connectivity index (χ3v) is 2.83. The van der Waals surface area contributed by atoms with Crippen LogP contribution in [0.4, 0.5) is 0 Å². The Balaban J connectivity index is 3.55. The van der Waals surface area contributed by atoms with Gasteiger partial charge in [0, 0.05) is 25.6 Å². The SMILES string of the molecule is CCOC(=O)CCCNC(=O)CCS(C)(=O)=O. The molecule has 0 aliphatic rings. The molecule has 100 valence electrons. The van der Waals surface area contributed by atoms with Gasteiger partial charge in [0.25, 0.3) is 0 Å². The molecule has 0 saturated heterocycles. The van der Waals surface area contributed by atoms with Gasteiger partial charge in [-0.05, 0) is 13.3 Å². The number of hydrogen-bond acceptors (Lipinski definition) is 5. The van der Waals surface area contributed by atoms with Crippen molar-refractivity contribution in [3.8, 4) is 0 Å². The highest BCUT2D eigenvalue weighted by Crippen LogP contribution is 1.93. The van der Waals surface area contributed by atoms with E-state index >= 15 is 0 Å². The van der Waals surface area contributed by atoms with Gasteiger partial charge in [-0.1, -0.05) is 0 Å². The number of nitrogens with one attached hydrogen (secondary N) is 1. The lowest BCUT2D eigenvalue weighted by Crippen LogP contribution is -2.26. The van der Waals surface area contributed by atoms with Crippen molar-refractivity contribution < 1.29 is 22.7 Å². The summed E-state index contributed by atoms with van der Waals surface area (Å²) in [4.78, 5) is 22.1. The lowest BCUT2D eigenvalue weighted by atomic mass is 10.3. The molecule has 0 aromatic rings. The van der Waals surface area contributed by atoms with Crippen LogP contribution in [0, 0.1) is 0 Å². The van der Waals surface area contributed by atoms with E-state index in [-0.39, 0.29) is 30.5 Å². The molecular formula is C10H19NO5S. The summed E-state index contributed by atoms with van der Waals surface area (Å²) in [5, 5.41) is 2.54. The molecule has 0 saturated carbocycles. The summed E-state index contributed by atoms with van der Waals surface area (Å²) < 4.78 is 26.3. The second-order valence-electron chi connectivity index (χ2n) is 3.64. The molecule has 0 unspecified atom stereocenters. The minimum Gasteiger partial charge on any atom is -0.466 e. The molecule has 7 heteroatoms. The minimum atomic E-state index is -3.11. The summed E-state index contributed by atoms with van der Waals surface area (Å²) in [6, 6.07) is 0. The van der Waals surface area contributed by atoms with Crippen LogP contribution in [-0.2, 0) is 24.2 Å². The number of carbonyl (C=O) groups is 2. The molecule has 17 heavy (non-hydrogen) atoms. The van der Waals surface area contributed by atoms with Crippen LogP contribution < -0.4 is 5.32 Å². The quantitative estimate of drug-likeness (QED) is 0.488. The molecule has 0 fully saturated rings. The second kappa shape index (κ2) is 8.05. The van der Waals surface area contributed by atoms with Gasteiger partial charge in [-0.25, -0.2) is 8.42 Å². The third kappa shape index (κ3) is 11.2. The largest absolute Gasteiger partial charge is 0.466 e. The van der Waals surface area contributed by atoms with Crippen molar-refractivity contribution in [2.75, 3.05) is 25.2 Å². The molecule has 0 aliphatic carbocycles. The molecule has 0 atom stereocenters. The predicted octanol–water partition coefficient (Wildman–Crippen LogP) is -0.119. The molecule has 0 aromatic heterocycles. The maximum absolute atomic E-state index is 11.2. The first-order chi connectivity index (χ1) is 7.85. The van der Waals surface area contributed by atoms with Crippen molar-refractivity contribution in [3.63, 3.8) is 0 Å². The molecule has 1 N–H and O–H groups in total. The second-order valence-corrected chi connectivity index (χ2v) is 5.90. The lowest BCUT2D eigenvalue weighted by molar-refractivity contribution is -0.143. The Morgan fingerprint density at radius 1 is 1.24 bits per heavy atom. The van der Waals surface area contributed by atoms with Crippen LogP contribution in [0.5, 0.6) is 0 Å². The zero-order chi connectivity index (χ0) is 13.3. The molecule has 0 aromatic carbocycles. The van der Waals surface area contributed by atoms with Crippen LogP contribution in [-0.4, -0.2) is 45.5 Å². The normalized spacial score (nSPS) is 10.9. The molecule has 6 nitrogen and oxygen atoms in total. The van der Waals surface area contributed by atoms with E-state index in [4.69, 9.17) is 4.74 Å². The summed E-state index contributed by atoms with van der Waals surface area (Å²) in [5.74, 6) is -0.770. The summed E-state index contributed by atoms with van der Waals surface area (Å²) in [6.07, 6.45) is 1.78. The van der Waals surface area contributed by atoms with Crippen molar-refractivity contribution >= 4 is 21.7 Å². The van der Waals surface area contributed by atoms with Gasteiger partial charge >= 0.3 is 5.97 Å². The van der Waals surface area contributed by atoms with E-state index in [0.717, 1.165) is 6.26 Å². The van der Waals surface area contributed by atoms with Gasteiger partial charge in [-0.3, -0.25) is 9.59 Å². The van der Waals surface area contributed by atoms with E-state index in [9.17, 15) is 18.0 Å². The highest BCUT2D eigenvalue weighted by atomic mass is 32.2. The van der Waals surface area contributed by atoms with Crippen molar-refractivity contribution in [2.24, 2.45) is 0 Å². The van der Waals surface area contributed by atoms with Gasteiger partial charge < -0.3 is 10.1 Å². The van der Waals surface area contributed by atoms with Crippen LogP contribution in [0.15, 0.2) is 0 Å². The number of rotatable bonds is 8. The Morgan fingerprint density at radius 2 is 1.88 bits per heavy atom. The van der Waals surface area contributed by atoms with Gasteiger partial charge in [0.1, 0.15) is 9.84 Å². The van der Waals surface area contributed by atoms with Crippen LogP contribution >= 0.6 is 0 Å². The number of amides is 1. The monoisotopic (exact) mass is 265 g/mol. The molecule has 1 amide bonds. The summed E-state index contributed by atoms with van der Waals surface area (Å²) in [6.45, 7) is 2.42. The van der Waals surface area contributed by atoms with Crippen molar-refractivity contribution in [1.29, 1.82) is 0 Å². The zero-order valence-electron chi connectivity index (χ0n) is 10.2. The highest BCUT2D eigenvalue weighted by Gasteiger charge is 2.07. The van der Waals surface area contributed by atoms with Crippen LogP contribution in [0.2, 0.25) is 0 Å². The van der Waals surface area contributed by atoms with Gasteiger partial charge in [0.05, 0.1) is 12.4 Å². The van der Waals surface area contributed by atoms with Crippen molar-refractivity contribution in [2.45, 2.75) is 26.2 Å². The van der Waals surface area contributed by atoms with Gasteiger partial charge in [0.15, 0.2) is 0 Å². The Hall–Kier alpha value is -1.11. The Kier molecular flexibility index (Phi) is 7.53. The minimum absolute atomic E-state index is 0.0434. The van der Waals surface area contributed by atoms with Gasteiger partial charge in [-0.15, -0.1) is 0 Å². The van der Waals surface area contributed by atoms with Crippen LogP contribution in [0.3, 0.4) is 0 Å². The fourth-order valence-electron chi connectivity index (χ4n) is 1.06. The average Bonchev–Trinajstić information content (AvgIpc) is 2.21. The first kappa shape index (κ1) is 15.9. The highest BCUT2D eigenvalue weighted by molar-refractivity contribution is 7.90. The topological polar surface area (TPSA) is 89.5 Å².